The van der Waals surface area contributed by atoms with Crippen LogP contribution in [0.3, 0.4) is 0 Å². The minimum atomic E-state index is 0.663. The summed E-state index contributed by atoms with van der Waals surface area (Å²) in [4.78, 5) is 15.1. The zero-order valence-corrected chi connectivity index (χ0v) is 22.3. The molecule has 8 rings (SSSR count). The largest absolute Gasteiger partial charge is 0.456 e. The van der Waals surface area contributed by atoms with Gasteiger partial charge in [0.2, 0.25) is 0 Å². The highest BCUT2D eigenvalue weighted by Gasteiger charge is 2.21. The highest BCUT2D eigenvalue weighted by Crippen LogP contribution is 2.40. The monoisotopic (exact) mass is 527 g/mol. The molecule has 5 aromatic carbocycles. The maximum atomic E-state index is 6.23. The summed E-state index contributed by atoms with van der Waals surface area (Å²) in [5, 5.41) is 4.61. The fourth-order valence-electron chi connectivity index (χ4n) is 5.85. The third kappa shape index (κ3) is 4.12. The SMILES string of the molecule is C1=CC(c2nc(-c3ccccc3)nc(-c3ccc4ccccc4c3)n2)=C(c2cccc3oc4ccccc4c23)CC1. The second kappa shape index (κ2) is 9.68. The smallest absolute Gasteiger partial charge is 0.164 e. The van der Waals surface area contributed by atoms with Crippen LogP contribution in [0.5, 0.6) is 0 Å². The first-order valence-corrected chi connectivity index (χ1v) is 13.9. The maximum absolute atomic E-state index is 6.23. The van der Waals surface area contributed by atoms with Gasteiger partial charge in [-0.3, -0.25) is 0 Å². The number of hydrogen-bond donors (Lipinski definition) is 0. The van der Waals surface area contributed by atoms with Crippen LogP contribution in [0.25, 0.3) is 66.6 Å². The minimum Gasteiger partial charge on any atom is -0.456 e. The molecule has 0 radical (unpaired) electrons. The van der Waals surface area contributed by atoms with Crippen molar-refractivity contribution >= 4 is 43.9 Å². The first-order chi connectivity index (χ1) is 20.3. The van der Waals surface area contributed by atoms with E-state index >= 15 is 0 Å². The van der Waals surface area contributed by atoms with Crippen LogP contribution in [0.4, 0.5) is 0 Å². The lowest BCUT2D eigenvalue weighted by Crippen LogP contribution is -2.05. The molecule has 0 spiro atoms. The molecule has 0 atom stereocenters. The van der Waals surface area contributed by atoms with Crippen LogP contribution in [-0.4, -0.2) is 15.0 Å². The van der Waals surface area contributed by atoms with Gasteiger partial charge in [0.05, 0.1) is 0 Å². The van der Waals surface area contributed by atoms with E-state index in [4.69, 9.17) is 19.4 Å². The van der Waals surface area contributed by atoms with Crippen molar-refractivity contribution in [3.05, 3.63) is 139 Å². The normalized spacial score (nSPS) is 13.5. The Balaban J connectivity index is 1.38. The number of hydrogen-bond acceptors (Lipinski definition) is 4. The minimum absolute atomic E-state index is 0.663. The molecule has 4 heteroatoms. The third-order valence-electron chi connectivity index (χ3n) is 7.81. The topological polar surface area (TPSA) is 51.8 Å². The fraction of sp³-hybridized carbons (Fsp3) is 0.0541. The summed E-state index contributed by atoms with van der Waals surface area (Å²) in [5.74, 6) is 2.01. The summed E-state index contributed by atoms with van der Waals surface area (Å²) >= 11 is 0. The second-order valence-electron chi connectivity index (χ2n) is 10.3. The highest BCUT2D eigenvalue weighted by molar-refractivity contribution is 6.13. The molecule has 0 saturated carbocycles. The summed E-state index contributed by atoms with van der Waals surface area (Å²) in [5.41, 5.74) is 7.13. The summed E-state index contributed by atoms with van der Waals surface area (Å²) in [7, 11) is 0. The van der Waals surface area contributed by atoms with Gasteiger partial charge in [0.15, 0.2) is 17.5 Å². The Labute approximate surface area is 237 Å². The highest BCUT2D eigenvalue weighted by atomic mass is 16.3. The van der Waals surface area contributed by atoms with E-state index in [-0.39, 0.29) is 0 Å². The maximum Gasteiger partial charge on any atom is 0.164 e. The van der Waals surface area contributed by atoms with Gasteiger partial charge in [0.1, 0.15) is 11.2 Å². The number of benzene rings is 5. The molecule has 0 saturated heterocycles. The first-order valence-electron chi connectivity index (χ1n) is 13.9. The van der Waals surface area contributed by atoms with Crippen molar-refractivity contribution in [1.29, 1.82) is 0 Å². The van der Waals surface area contributed by atoms with Crippen molar-refractivity contribution in [3.8, 4) is 22.8 Å². The van der Waals surface area contributed by atoms with Crippen LogP contribution < -0.4 is 0 Å². The third-order valence-corrected chi connectivity index (χ3v) is 7.81. The molecule has 2 heterocycles. The Morgan fingerprint density at radius 2 is 1.29 bits per heavy atom. The molecule has 0 unspecified atom stereocenters. The molecule has 0 N–H and O–H groups in total. The van der Waals surface area contributed by atoms with Gasteiger partial charge >= 0.3 is 0 Å². The number of aromatic nitrogens is 3. The van der Waals surface area contributed by atoms with Crippen molar-refractivity contribution in [2.24, 2.45) is 0 Å². The number of rotatable bonds is 4. The molecular weight excluding hydrogens is 502 g/mol. The Hall–Kier alpha value is -5.35. The molecule has 41 heavy (non-hydrogen) atoms. The van der Waals surface area contributed by atoms with E-state index in [0.717, 1.165) is 56.9 Å². The van der Waals surface area contributed by atoms with Gasteiger partial charge in [-0.1, -0.05) is 109 Å². The second-order valence-corrected chi connectivity index (χ2v) is 10.3. The summed E-state index contributed by atoms with van der Waals surface area (Å²) in [6.07, 6.45) is 6.24. The zero-order valence-electron chi connectivity index (χ0n) is 22.3. The number of fused-ring (bicyclic) bond motifs is 4. The van der Waals surface area contributed by atoms with E-state index in [2.05, 4.69) is 78.9 Å². The van der Waals surface area contributed by atoms with Gasteiger partial charge in [-0.05, 0) is 52.9 Å². The molecular formula is C37H25N3O. The van der Waals surface area contributed by atoms with Crippen LogP contribution in [0.1, 0.15) is 24.2 Å². The first kappa shape index (κ1) is 23.5. The molecule has 0 amide bonds. The van der Waals surface area contributed by atoms with E-state index in [9.17, 15) is 0 Å². The lowest BCUT2D eigenvalue weighted by atomic mass is 9.88. The fourth-order valence-corrected chi connectivity index (χ4v) is 5.85. The molecule has 7 aromatic rings. The van der Waals surface area contributed by atoms with Gasteiger partial charge in [-0.25, -0.2) is 15.0 Å². The summed E-state index contributed by atoms with van der Waals surface area (Å²) in [6.45, 7) is 0. The molecule has 0 fully saturated rings. The molecule has 194 valence electrons. The molecule has 2 aromatic heterocycles. The van der Waals surface area contributed by atoms with Crippen molar-refractivity contribution in [3.63, 3.8) is 0 Å². The van der Waals surface area contributed by atoms with Gasteiger partial charge < -0.3 is 4.42 Å². The van der Waals surface area contributed by atoms with Crippen LogP contribution in [0, 0.1) is 0 Å². The van der Waals surface area contributed by atoms with Gasteiger partial charge in [-0.2, -0.15) is 0 Å². The van der Waals surface area contributed by atoms with E-state index in [1.54, 1.807) is 0 Å². The lowest BCUT2D eigenvalue weighted by Gasteiger charge is -2.18. The predicted molar refractivity (Wildman–Crippen MR) is 167 cm³/mol. The molecule has 1 aliphatic rings. The van der Waals surface area contributed by atoms with Gasteiger partial charge in [-0.15, -0.1) is 0 Å². The van der Waals surface area contributed by atoms with E-state index in [1.165, 1.54) is 16.5 Å². The summed E-state index contributed by atoms with van der Waals surface area (Å²) < 4.78 is 6.23. The number of furan rings is 1. The van der Waals surface area contributed by atoms with Crippen LogP contribution in [-0.2, 0) is 0 Å². The lowest BCUT2D eigenvalue weighted by molar-refractivity contribution is 0.669. The van der Waals surface area contributed by atoms with Crippen molar-refractivity contribution < 1.29 is 4.42 Å². The van der Waals surface area contributed by atoms with Crippen LogP contribution in [0.15, 0.2) is 132 Å². The van der Waals surface area contributed by atoms with E-state index in [0.29, 0.717) is 17.5 Å². The van der Waals surface area contributed by atoms with Gasteiger partial charge in [0, 0.05) is 27.5 Å². The molecule has 1 aliphatic carbocycles. The molecule has 0 aliphatic heterocycles. The Morgan fingerprint density at radius 1 is 0.561 bits per heavy atom. The average molecular weight is 528 g/mol. The quantitative estimate of drug-likeness (QED) is 0.229. The van der Waals surface area contributed by atoms with Crippen molar-refractivity contribution in [2.45, 2.75) is 12.8 Å². The van der Waals surface area contributed by atoms with Crippen LogP contribution in [0.2, 0.25) is 0 Å². The predicted octanol–water partition coefficient (Wildman–Crippen LogP) is 9.52. The van der Waals surface area contributed by atoms with Crippen molar-refractivity contribution in [2.75, 3.05) is 0 Å². The van der Waals surface area contributed by atoms with Crippen LogP contribution >= 0.6 is 0 Å². The Morgan fingerprint density at radius 3 is 2.20 bits per heavy atom. The molecule has 0 bridgehead atoms. The van der Waals surface area contributed by atoms with E-state index in [1.807, 2.05) is 48.5 Å². The zero-order chi connectivity index (χ0) is 27.2. The Kier molecular flexibility index (Phi) is 5.56. The standard InChI is InChI=1S/C37H25N3O/c1-2-12-25(13-3-1)35-38-36(27-22-21-24-11-4-5-14-26(24)23-27)40-37(39-35)30-16-7-6-15-28(30)29-18-10-20-33-34(29)31-17-8-9-19-32(31)41-33/h1-5,7-14,16-23H,6,15H2. The molecule has 4 nitrogen and oxygen atoms in total. The van der Waals surface area contributed by atoms with E-state index < -0.39 is 0 Å². The summed E-state index contributed by atoms with van der Waals surface area (Å²) in [6, 6.07) is 39.5. The average Bonchev–Trinajstić information content (AvgIpc) is 3.44. The van der Waals surface area contributed by atoms with Crippen molar-refractivity contribution in [1.82, 2.24) is 15.0 Å². The van der Waals surface area contributed by atoms with Gasteiger partial charge in [0.25, 0.3) is 0 Å². The number of para-hydroxylation sites is 1. The number of nitrogens with zero attached hydrogens (tertiary/aromatic N) is 3. The number of allylic oxidation sites excluding steroid dienone is 4. The Bertz CT molecular complexity index is 2150.